The molecule has 0 fully saturated rings. The Hall–Kier alpha value is -1.41. The molecule has 0 saturated carbocycles. The van der Waals surface area contributed by atoms with E-state index >= 15 is 0 Å². The normalized spacial score (nSPS) is 13.4. The quantitative estimate of drug-likeness (QED) is 0.733. The van der Waals surface area contributed by atoms with E-state index in [1.165, 1.54) is 12.5 Å². The van der Waals surface area contributed by atoms with Crippen molar-refractivity contribution in [3.05, 3.63) is 12.5 Å². The number of nitrogens with zero attached hydrogens (tertiary/aromatic N) is 2. The second-order valence-corrected chi connectivity index (χ2v) is 5.93. The van der Waals surface area contributed by atoms with E-state index in [-0.39, 0.29) is 11.6 Å². The molecular formula is C11H19N3O4S. The van der Waals surface area contributed by atoms with Crippen LogP contribution in [0.1, 0.15) is 26.7 Å². The van der Waals surface area contributed by atoms with Gasteiger partial charge in [0, 0.05) is 19.3 Å². The highest BCUT2D eigenvalue weighted by molar-refractivity contribution is 7.89. The second kappa shape index (κ2) is 6.67. The maximum absolute atomic E-state index is 11.9. The molecule has 0 amide bonds. The summed E-state index contributed by atoms with van der Waals surface area (Å²) < 4.78 is 27.8. The summed E-state index contributed by atoms with van der Waals surface area (Å²) >= 11 is 0. The molecular weight excluding hydrogens is 270 g/mol. The summed E-state index contributed by atoms with van der Waals surface area (Å²) in [5, 5.41) is 8.87. The first kappa shape index (κ1) is 15.6. The van der Waals surface area contributed by atoms with Crippen molar-refractivity contribution < 1.29 is 18.3 Å². The van der Waals surface area contributed by atoms with E-state index in [1.807, 2.05) is 13.8 Å². The Kier molecular flexibility index (Phi) is 5.49. The predicted octanol–water partition coefficient (Wildman–Crippen LogP) is 0.682. The number of rotatable bonds is 8. The van der Waals surface area contributed by atoms with Gasteiger partial charge in [0.15, 0.2) is 5.03 Å². The highest BCUT2D eigenvalue weighted by atomic mass is 32.2. The van der Waals surface area contributed by atoms with Crippen molar-refractivity contribution in [3.8, 4) is 0 Å². The molecule has 7 nitrogen and oxygen atoms in total. The number of imidazole rings is 1. The molecule has 0 bridgehead atoms. The number of hydrogen-bond acceptors (Lipinski definition) is 4. The standard InChI is InChI=1S/C11H19N3O4S/c1-3-5-9(11(15)16)6-13-19(17,18)10-7-14(4-2)8-12-10/h7-9,13H,3-6H2,1-2H3,(H,15,16). The van der Waals surface area contributed by atoms with Crippen LogP contribution in [0.5, 0.6) is 0 Å². The van der Waals surface area contributed by atoms with Gasteiger partial charge >= 0.3 is 5.97 Å². The van der Waals surface area contributed by atoms with Crippen LogP contribution in [-0.4, -0.2) is 35.6 Å². The van der Waals surface area contributed by atoms with Crippen LogP contribution in [0, 0.1) is 5.92 Å². The third-order valence-corrected chi connectivity index (χ3v) is 4.06. The molecule has 0 aliphatic carbocycles. The zero-order valence-corrected chi connectivity index (χ0v) is 11.9. The molecule has 1 heterocycles. The highest BCUT2D eigenvalue weighted by Crippen LogP contribution is 2.09. The van der Waals surface area contributed by atoms with Crippen molar-refractivity contribution in [2.75, 3.05) is 6.54 Å². The van der Waals surface area contributed by atoms with Gasteiger partial charge in [-0.1, -0.05) is 13.3 Å². The van der Waals surface area contributed by atoms with Gasteiger partial charge in [-0.3, -0.25) is 4.79 Å². The number of hydrogen-bond donors (Lipinski definition) is 2. The van der Waals surface area contributed by atoms with Gasteiger partial charge in [0.25, 0.3) is 10.0 Å². The molecule has 1 aromatic rings. The third kappa shape index (κ3) is 4.32. The number of aryl methyl sites for hydroxylation is 1. The molecule has 2 N–H and O–H groups in total. The number of aromatic nitrogens is 2. The van der Waals surface area contributed by atoms with Gasteiger partial charge < -0.3 is 9.67 Å². The summed E-state index contributed by atoms with van der Waals surface area (Å²) in [5.41, 5.74) is 0. The first-order chi connectivity index (χ1) is 8.90. The van der Waals surface area contributed by atoms with Crippen LogP contribution >= 0.6 is 0 Å². The molecule has 0 aliphatic rings. The van der Waals surface area contributed by atoms with Gasteiger partial charge in [0.2, 0.25) is 0 Å². The summed E-state index contributed by atoms with van der Waals surface area (Å²) in [6, 6.07) is 0. The molecule has 1 atom stereocenters. The molecule has 0 aliphatic heterocycles. The minimum Gasteiger partial charge on any atom is -0.481 e. The lowest BCUT2D eigenvalue weighted by Gasteiger charge is -2.11. The van der Waals surface area contributed by atoms with Gasteiger partial charge in [-0.25, -0.2) is 18.1 Å². The van der Waals surface area contributed by atoms with E-state index in [9.17, 15) is 13.2 Å². The van der Waals surface area contributed by atoms with Crippen molar-refractivity contribution in [1.82, 2.24) is 14.3 Å². The Morgan fingerprint density at radius 3 is 2.68 bits per heavy atom. The predicted molar refractivity (Wildman–Crippen MR) is 69.1 cm³/mol. The minimum atomic E-state index is -3.74. The molecule has 0 spiro atoms. The zero-order valence-electron chi connectivity index (χ0n) is 11.0. The van der Waals surface area contributed by atoms with Crippen molar-refractivity contribution in [2.45, 2.75) is 38.3 Å². The fourth-order valence-corrected chi connectivity index (χ4v) is 2.63. The Balaban J connectivity index is 2.71. The van der Waals surface area contributed by atoms with E-state index in [0.29, 0.717) is 19.4 Å². The monoisotopic (exact) mass is 289 g/mol. The lowest BCUT2D eigenvalue weighted by molar-refractivity contribution is -0.141. The van der Waals surface area contributed by atoms with Crippen molar-refractivity contribution in [3.63, 3.8) is 0 Å². The van der Waals surface area contributed by atoms with Crippen LogP contribution in [0.2, 0.25) is 0 Å². The van der Waals surface area contributed by atoms with Crippen molar-refractivity contribution >= 4 is 16.0 Å². The van der Waals surface area contributed by atoms with E-state index in [0.717, 1.165) is 0 Å². The molecule has 8 heteroatoms. The summed E-state index contributed by atoms with van der Waals surface area (Å²) in [4.78, 5) is 14.7. The van der Waals surface area contributed by atoms with Crippen molar-refractivity contribution in [2.24, 2.45) is 5.92 Å². The number of aliphatic carboxylic acids is 1. The largest absolute Gasteiger partial charge is 0.481 e. The van der Waals surface area contributed by atoms with E-state index in [2.05, 4.69) is 9.71 Å². The van der Waals surface area contributed by atoms with Crippen LogP contribution in [0.25, 0.3) is 0 Å². The van der Waals surface area contributed by atoms with Gasteiger partial charge in [0.05, 0.1) is 12.2 Å². The van der Waals surface area contributed by atoms with E-state index in [4.69, 9.17) is 5.11 Å². The van der Waals surface area contributed by atoms with Crippen molar-refractivity contribution in [1.29, 1.82) is 0 Å². The number of sulfonamides is 1. The lowest BCUT2D eigenvalue weighted by atomic mass is 10.1. The topological polar surface area (TPSA) is 101 Å². The van der Waals surface area contributed by atoms with Crippen LogP contribution in [0.15, 0.2) is 17.6 Å². The maximum atomic E-state index is 11.9. The van der Waals surface area contributed by atoms with Gasteiger partial charge in [0.1, 0.15) is 0 Å². The Labute approximate surface area is 112 Å². The maximum Gasteiger partial charge on any atom is 0.307 e. The third-order valence-electron chi connectivity index (χ3n) is 2.76. The lowest BCUT2D eigenvalue weighted by Crippen LogP contribution is -2.33. The Morgan fingerprint density at radius 2 is 2.21 bits per heavy atom. The Morgan fingerprint density at radius 1 is 1.53 bits per heavy atom. The molecule has 1 unspecified atom stereocenters. The summed E-state index contributed by atoms with van der Waals surface area (Å²) in [5.74, 6) is -1.71. The number of carboxylic acids is 1. The SMILES string of the molecule is CCCC(CNS(=O)(=O)c1cn(CC)cn1)C(=O)O. The average Bonchev–Trinajstić information content (AvgIpc) is 2.83. The molecule has 0 radical (unpaired) electrons. The molecule has 1 rings (SSSR count). The van der Waals surface area contributed by atoms with Crippen LogP contribution in [0.3, 0.4) is 0 Å². The number of carbonyl (C=O) groups is 1. The van der Waals surface area contributed by atoms with Crippen LogP contribution < -0.4 is 4.72 Å². The minimum absolute atomic E-state index is 0.0880. The average molecular weight is 289 g/mol. The summed E-state index contributed by atoms with van der Waals surface area (Å²) in [6.45, 7) is 4.22. The van der Waals surface area contributed by atoms with Gasteiger partial charge in [-0.15, -0.1) is 0 Å². The molecule has 1 aromatic heterocycles. The summed E-state index contributed by atoms with van der Waals surface area (Å²) in [6.07, 6.45) is 3.96. The fraction of sp³-hybridized carbons (Fsp3) is 0.636. The first-order valence-electron chi connectivity index (χ1n) is 6.15. The zero-order chi connectivity index (χ0) is 14.5. The fourth-order valence-electron chi connectivity index (χ4n) is 1.60. The molecule has 19 heavy (non-hydrogen) atoms. The number of nitrogens with one attached hydrogen (secondary N) is 1. The number of carboxylic acid groups (broad SMARTS) is 1. The molecule has 0 saturated heterocycles. The Bertz CT molecular complexity index is 524. The molecule has 0 aromatic carbocycles. The van der Waals surface area contributed by atoms with Gasteiger partial charge in [-0.05, 0) is 13.3 Å². The van der Waals surface area contributed by atoms with E-state index in [1.54, 1.807) is 4.57 Å². The van der Waals surface area contributed by atoms with Gasteiger partial charge in [-0.2, -0.15) is 0 Å². The highest BCUT2D eigenvalue weighted by Gasteiger charge is 2.22. The first-order valence-corrected chi connectivity index (χ1v) is 7.63. The van der Waals surface area contributed by atoms with E-state index < -0.39 is 21.9 Å². The van der Waals surface area contributed by atoms with Crippen LogP contribution in [-0.2, 0) is 21.4 Å². The smallest absolute Gasteiger partial charge is 0.307 e. The second-order valence-electron chi connectivity index (χ2n) is 4.22. The van der Waals surface area contributed by atoms with Crippen LogP contribution in [0.4, 0.5) is 0 Å². The summed E-state index contributed by atoms with van der Waals surface area (Å²) in [7, 11) is -3.74. The molecule has 108 valence electrons.